The van der Waals surface area contributed by atoms with Gasteiger partial charge in [0.05, 0.1) is 26.4 Å². The Balaban J connectivity index is 5.25. The highest BCUT2D eigenvalue weighted by Gasteiger charge is 2.30. The summed E-state index contributed by atoms with van der Waals surface area (Å²) in [5.74, 6) is -1.31. The lowest BCUT2D eigenvalue weighted by molar-refractivity contribution is -0.161. The Morgan fingerprint density at radius 3 is 0.694 bits per heavy atom. The molecule has 582 valence electrons. The molecule has 0 aliphatic carbocycles. The molecule has 0 rings (SSSR count). The number of phosphoric acid groups is 2. The van der Waals surface area contributed by atoms with Crippen LogP contribution in [-0.4, -0.2) is 96.7 Å². The second-order valence-corrected chi connectivity index (χ2v) is 31.8. The SMILES string of the molecule is CCCCCCCCCCCCCCCCCCCC(=O)O[C@H](COC(=O)CCCCCCCCCCCCCCCC(C)C)COP(=O)(O)OC[C@@H](O)COP(=O)(O)OC[C@@H](COC(=O)CCCCCCCCCCCCC)OC(=O)CCCCCCCCCCCCCCCC. The topological polar surface area (TPSA) is 237 Å². The Hall–Kier alpha value is -1.94. The molecule has 0 bridgehead atoms. The summed E-state index contributed by atoms with van der Waals surface area (Å²) >= 11 is 0. The number of carbonyl (C=O) groups is 4. The summed E-state index contributed by atoms with van der Waals surface area (Å²) in [4.78, 5) is 73.0. The number of ether oxygens (including phenoxy) is 4. The van der Waals surface area contributed by atoms with E-state index in [-0.39, 0.29) is 25.7 Å². The van der Waals surface area contributed by atoms with Gasteiger partial charge in [-0.3, -0.25) is 37.3 Å². The van der Waals surface area contributed by atoms with E-state index >= 15 is 0 Å². The van der Waals surface area contributed by atoms with Crippen LogP contribution < -0.4 is 0 Å². The van der Waals surface area contributed by atoms with E-state index in [2.05, 4.69) is 34.6 Å². The Bertz CT molecular complexity index is 1870. The molecule has 0 amide bonds. The number of unbranched alkanes of at least 4 members (excludes halogenated alkanes) is 51. The minimum Gasteiger partial charge on any atom is -0.462 e. The molecule has 0 aromatic heterocycles. The van der Waals surface area contributed by atoms with Crippen LogP contribution in [0.4, 0.5) is 0 Å². The van der Waals surface area contributed by atoms with Crippen LogP contribution in [0.25, 0.3) is 0 Å². The number of phosphoric ester groups is 2. The van der Waals surface area contributed by atoms with Crippen LogP contribution in [0.5, 0.6) is 0 Å². The van der Waals surface area contributed by atoms with Crippen molar-refractivity contribution in [3.63, 3.8) is 0 Å². The second-order valence-electron chi connectivity index (χ2n) is 28.9. The summed E-state index contributed by atoms with van der Waals surface area (Å²) in [5, 5.41) is 10.6. The average Bonchev–Trinajstić information content (AvgIpc) is 1.02. The van der Waals surface area contributed by atoms with Crippen molar-refractivity contribution in [3.05, 3.63) is 0 Å². The summed E-state index contributed by atoms with van der Waals surface area (Å²) in [5.41, 5.74) is 0. The third kappa shape index (κ3) is 72.4. The van der Waals surface area contributed by atoms with Crippen molar-refractivity contribution in [2.45, 2.75) is 438 Å². The fourth-order valence-electron chi connectivity index (χ4n) is 12.2. The van der Waals surface area contributed by atoms with E-state index in [4.69, 9.17) is 37.0 Å². The molecule has 19 heteroatoms. The van der Waals surface area contributed by atoms with Crippen LogP contribution in [0.1, 0.15) is 420 Å². The second kappa shape index (κ2) is 72.0. The summed E-state index contributed by atoms with van der Waals surface area (Å²) in [6.07, 6.45) is 62.2. The van der Waals surface area contributed by atoms with Crippen LogP contribution >= 0.6 is 15.6 Å². The standard InChI is InChI=1S/C79H154O17P2/c1-6-9-12-15-18-21-24-26-28-29-30-34-40-45-50-55-60-65-79(84)96-75(69-90-77(82)63-58-53-48-43-38-35-31-32-37-41-46-51-56-61-72(4)5)71-94-98(87,88)92-67-73(80)66-91-97(85,86)93-70-74(68-89-76(81)62-57-52-47-42-36-23-20-17-14-11-8-3)95-78(83)64-59-54-49-44-39-33-27-25-22-19-16-13-10-7-2/h72-75,80H,6-71H2,1-5H3,(H,85,86)(H,87,88)/t73-,74+,75+/m0/s1. The van der Waals surface area contributed by atoms with Gasteiger partial charge in [-0.2, -0.15) is 0 Å². The van der Waals surface area contributed by atoms with Gasteiger partial charge in [0.15, 0.2) is 12.2 Å². The lowest BCUT2D eigenvalue weighted by Gasteiger charge is -2.21. The van der Waals surface area contributed by atoms with Crippen LogP contribution in [0.2, 0.25) is 0 Å². The van der Waals surface area contributed by atoms with Crippen molar-refractivity contribution in [2.24, 2.45) is 5.92 Å². The van der Waals surface area contributed by atoms with Crippen molar-refractivity contribution in [1.29, 1.82) is 0 Å². The van der Waals surface area contributed by atoms with Gasteiger partial charge < -0.3 is 33.8 Å². The lowest BCUT2D eigenvalue weighted by Crippen LogP contribution is -2.30. The highest BCUT2D eigenvalue weighted by molar-refractivity contribution is 7.47. The fraction of sp³-hybridized carbons (Fsp3) is 0.949. The van der Waals surface area contributed by atoms with Gasteiger partial charge in [-0.05, 0) is 31.6 Å². The lowest BCUT2D eigenvalue weighted by atomic mass is 10.0. The minimum absolute atomic E-state index is 0.109. The predicted molar refractivity (Wildman–Crippen MR) is 400 cm³/mol. The van der Waals surface area contributed by atoms with Gasteiger partial charge in [0.1, 0.15) is 19.3 Å². The Morgan fingerprint density at radius 1 is 0.276 bits per heavy atom. The first-order valence-electron chi connectivity index (χ1n) is 41.1. The summed E-state index contributed by atoms with van der Waals surface area (Å²) < 4.78 is 68.7. The highest BCUT2D eigenvalue weighted by Crippen LogP contribution is 2.45. The minimum atomic E-state index is -4.96. The van der Waals surface area contributed by atoms with Crippen molar-refractivity contribution < 1.29 is 80.2 Å². The van der Waals surface area contributed by atoms with Gasteiger partial charge in [0.25, 0.3) is 0 Å². The van der Waals surface area contributed by atoms with Crippen molar-refractivity contribution in [2.75, 3.05) is 39.6 Å². The van der Waals surface area contributed by atoms with E-state index in [0.717, 1.165) is 95.8 Å². The molecule has 0 aliphatic rings. The largest absolute Gasteiger partial charge is 0.472 e. The molecular formula is C79H154O17P2. The zero-order chi connectivity index (χ0) is 71.9. The number of esters is 4. The van der Waals surface area contributed by atoms with Gasteiger partial charge >= 0.3 is 39.5 Å². The first-order chi connectivity index (χ1) is 47.5. The molecule has 98 heavy (non-hydrogen) atoms. The maximum Gasteiger partial charge on any atom is 0.472 e. The Labute approximate surface area is 600 Å². The number of carbonyl (C=O) groups excluding carboxylic acids is 4. The van der Waals surface area contributed by atoms with Crippen LogP contribution in [0.3, 0.4) is 0 Å². The number of aliphatic hydroxyl groups is 1. The summed E-state index contributed by atoms with van der Waals surface area (Å²) in [7, 11) is -9.91. The molecule has 2 unspecified atom stereocenters. The van der Waals surface area contributed by atoms with Gasteiger partial charge in [-0.25, -0.2) is 9.13 Å². The fourth-order valence-corrected chi connectivity index (χ4v) is 13.8. The molecule has 0 spiro atoms. The quantitative estimate of drug-likeness (QED) is 0.0222. The van der Waals surface area contributed by atoms with E-state index in [1.54, 1.807) is 0 Å². The smallest absolute Gasteiger partial charge is 0.462 e. The maximum atomic E-state index is 13.1. The molecule has 0 saturated carbocycles. The van der Waals surface area contributed by atoms with Crippen molar-refractivity contribution in [3.8, 4) is 0 Å². The maximum absolute atomic E-state index is 13.1. The van der Waals surface area contributed by atoms with Gasteiger partial charge in [-0.15, -0.1) is 0 Å². The first-order valence-corrected chi connectivity index (χ1v) is 44.1. The van der Waals surface area contributed by atoms with Gasteiger partial charge in [-0.1, -0.05) is 369 Å². The Kier molecular flexibility index (Phi) is 70.6. The zero-order valence-electron chi connectivity index (χ0n) is 63.9. The van der Waals surface area contributed by atoms with Crippen molar-refractivity contribution >= 4 is 39.5 Å². The van der Waals surface area contributed by atoms with Crippen LogP contribution in [-0.2, 0) is 65.4 Å². The monoisotopic (exact) mass is 1440 g/mol. The molecule has 0 saturated heterocycles. The molecule has 0 aromatic rings. The summed E-state index contributed by atoms with van der Waals surface area (Å²) in [6, 6.07) is 0. The van der Waals surface area contributed by atoms with E-state index in [0.29, 0.717) is 25.7 Å². The molecule has 0 aliphatic heterocycles. The molecule has 3 N–H and O–H groups in total. The van der Waals surface area contributed by atoms with Gasteiger partial charge in [0.2, 0.25) is 0 Å². The third-order valence-corrected chi connectivity index (χ3v) is 20.4. The molecule has 0 radical (unpaired) electrons. The summed E-state index contributed by atoms with van der Waals surface area (Å²) in [6.45, 7) is 7.34. The molecule has 17 nitrogen and oxygen atoms in total. The molecular weight excluding hydrogens is 1280 g/mol. The average molecular weight is 1440 g/mol. The van der Waals surface area contributed by atoms with E-state index in [1.807, 2.05) is 0 Å². The highest BCUT2D eigenvalue weighted by atomic mass is 31.2. The van der Waals surface area contributed by atoms with Crippen LogP contribution in [0, 0.1) is 5.92 Å². The zero-order valence-corrected chi connectivity index (χ0v) is 65.7. The van der Waals surface area contributed by atoms with E-state index in [9.17, 15) is 43.2 Å². The third-order valence-electron chi connectivity index (χ3n) is 18.5. The predicted octanol–water partition coefficient (Wildman–Crippen LogP) is 23.6. The van der Waals surface area contributed by atoms with Gasteiger partial charge in [0, 0.05) is 25.7 Å². The Morgan fingerprint density at radius 2 is 0.469 bits per heavy atom. The molecule has 0 aromatic carbocycles. The van der Waals surface area contributed by atoms with E-state index in [1.165, 1.54) is 244 Å². The van der Waals surface area contributed by atoms with Crippen molar-refractivity contribution in [1.82, 2.24) is 0 Å². The molecule has 5 atom stereocenters. The molecule has 0 fully saturated rings. The van der Waals surface area contributed by atoms with E-state index < -0.39 is 97.5 Å². The molecule has 0 heterocycles. The van der Waals surface area contributed by atoms with Crippen LogP contribution in [0.15, 0.2) is 0 Å². The first kappa shape index (κ1) is 96.1. The number of rotatable bonds is 79. The normalized spacial score (nSPS) is 13.9. The number of hydrogen-bond acceptors (Lipinski definition) is 15. The number of aliphatic hydroxyl groups excluding tert-OH is 1. The number of hydrogen-bond donors (Lipinski definition) is 3.